The Labute approximate surface area is 176 Å². The lowest BCUT2D eigenvalue weighted by atomic mass is 10.2. The van der Waals surface area contributed by atoms with Gasteiger partial charge in [0, 0.05) is 25.7 Å². The third-order valence-corrected chi connectivity index (χ3v) is 3.79. The second-order valence-electron chi connectivity index (χ2n) is 8.23. The van der Waals surface area contributed by atoms with E-state index in [-0.39, 0.29) is 17.9 Å². The van der Waals surface area contributed by atoms with E-state index in [1.807, 2.05) is 20.8 Å². The first-order valence-electron chi connectivity index (χ1n) is 9.81. The number of carbonyl (C=O) groups excluding carboxylic acids is 1. The van der Waals surface area contributed by atoms with E-state index < -0.39 is 18.0 Å². The minimum Gasteiger partial charge on any atom is -0.444 e. The maximum absolute atomic E-state index is 12.1. The van der Waals surface area contributed by atoms with Gasteiger partial charge in [-0.3, -0.25) is 10.2 Å². The largest absolute Gasteiger partial charge is 0.521 e. The zero-order chi connectivity index (χ0) is 22.9. The van der Waals surface area contributed by atoms with Crippen LogP contribution in [0.3, 0.4) is 0 Å². The van der Waals surface area contributed by atoms with Crippen molar-refractivity contribution in [2.45, 2.75) is 72.2 Å². The second-order valence-corrected chi connectivity index (χ2v) is 8.23. The van der Waals surface area contributed by atoms with Crippen molar-refractivity contribution in [3.8, 4) is 0 Å². The van der Waals surface area contributed by atoms with Gasteiger partial charge >= 0.3 is 12.4 Å². The van der Waals surface area contributed by atoms with Crippen LogP contribution in [0.1, 0.15) is 47.1 Å². The number of nitrogens with one attached hydrogen (secondary N) is 2. The number of amides is 1. The molecule has 2 N–H and O–H groups in total. The van der Waals surface area contributed by atoms with Gasteiger partial charge in [-0.2, -0.15) is 0 Å². The van der Waals surface area contributed by atoms with E-state index in [4.69, 9.17) is 4.74 Å². The molecule has 0 bridgehead atoms. The number of carbonyl (C=O) groups is 1. The molecule has 10 heteroatoms. The number of alkyl carbamates (subject to hydrolysis) is 1. The monoisotopic (exact) mass is 431 g/mol. The van der Waals surface area contributed by atoms with Crippen LogP contribution >= 0.6 is 0 Å². The molecule has 7 nitrogen and oxygen atoms in total. The van der Waals surface area contributed by atoms with Crippen molar-refractivity contribution in [3.63, 3.8) is 0 Å². The lowest BCUT2D eigenvalue weighted by Gasteiger charge is -2.31. The van der Waals surface area contributed by atoms with E-state index in [0.717, 1.165) is 5.56 Å². The Morgan fingerprint density at radius 1 is 1.13 bits per heavy atom. The standard InChI is InChI=1S/C20H32F3N5O2/c1-14(2)25-15(3)28(12-11-24-18(29)30-19(4,5)6)13-16-7-9-17(10-8-16)26-27-20(21,22)23/h7-10,14-15,25H,11-13H2,1-6H3,(H,24,29). The minimum absolute atomic E-state index is 0.00929. The molecule has 0 aromatic heterocycles. The van der Waals surface area contributed by atoms with Crippen molar-refractivity contribution in [2.24, 2.45) is 10.2 Å². The summed E-state index contributed by atoms with van der Waals surface area (Å²) in [5.74, 6) is 0. The number of rotatable bonds is 9. The van der Waals surface area contributed by atoms with Gasteiger partial charge in [-0.15, -0.1) is 18.3 Å². The highest BCUT2D eigenvalue weighted by molar-refractivity contribution is 5.67. The number of halogens is 3. The van der Waals surface area contributed by atoms with Gasteiger partial charge in [0.1, 0.15) is 5.60 Å². The molecule has 0 saturated carbocycles. The fourth-order valence-corrected chi connectivity index (χ4v) is 2.63. The van der Waals surface area contributed by atoms with Crippen molar-refractivity contribution in [3.05, 3.63) is 29.8 Å². The van der Waals surface area contributed by atoms with Gasteiger partial charge in [-0.05, 0) is 59.2 Å². The first-order valence-corrected chi connectivity index (χ1v) is 9.81. The molecule has 0 aliphatic heterocycles. The van der Waals surface area contributed by atoms with Crippen molar-refractivity contribution in [2.75, 3.05) is 13.1 Å². The summed E-state index contributed by atoms with van der Waals surface area (Å²) >= 11 is 0. The molecule has 0 spiro atoms. The number of nitrogens with zero attached hydrogens (tertiary/aromatic N) is 3. The Morgan fingerprint density at radius 3 is 2.23 bits per heavy atom. The molecular weight excluding hydrogens is 399 g/mol. The molecule has 0 fully saturated rings. The summed E-state index contributed by atoms with van der Waals surface area (Å²) in [6.45, 7) is 12.9. The summed E-state index contributed by atoms with van der Waals surface area (Å²) in [5.41, 5.74) is 0.458. The molecule has 1 aromatic carbocycles. The van der Waals surface area contributed by atoms with Gasteiger partial charge in [0.25, 0.3) is 0 Å². The quantitative estimate of drug-likeness (QED) is 0.329. The summed E-state index contributed by atoms with van der Waals surface area (Å²) in [5, 5.41) is 11.6. The number of ether oxygens (including phenoxy) is 1. The molecule has 0 aliphatic rings. The third-order valence-electron chi connectivity index (χ3n) is 3.79. The van der Waals surface area contributed by atoms with Crippen molar-refractivity contribution >= 4 is 11.8 Å². The molecule has 30 heavy (non-hydrogen) atoms. The summed E-state index contributed by atoms with van der Waals surface area (Å²) in [6.07, 6.45) is -5.16. The van der Waals surface area contributed by atoms with Gasteiger partial charge in [-0.1, -0.05) is 17.2 Å². The van der Waals surface area contributed by atoms with Gasteiger partial charge in [-0.25, -0.2) is 4.79 Å². The fraction of sp³-hybridized carbons (Fsp3) is 0.650. The van der Waals surface area contributed by atoms with Crippen LogP contribution in [-0.2, 0) is 11.3 Å². The highest BCUT2D eigenvalue weighted by atomic mass is 19.4. The highest BCUT2D eigenvalue weighted by Crippen LogP contribution is 2.21. The average Bonchev–Trinajstić information content (AvgIpc) is 2.57. The summed E-state index contributed by atoms with van der Waals surface area (Å²) in [6, 6.07) is 6.65. The van der Waals surface area contributed by atoms with Gasteiger partial charge in [0.05, 0.1) is 11.9 Å². The number of hydrogen-bond donors (Lipinski definition) is 2. The molecule has 1 aromatic rings. The number of hydrogen-bond acceptors (Lipinski definition) is 6. The molecule has 0 heterocycles. The van der Waals surface area contributed by atoms with Crippen LogP contribution in [0.5, 0.6) is 0 Å². The topological polar surface area (TPSA) is 78.3 Å². The van der Waals surface area contributed by atoms with Crippen molar-refractivity contribution < 1.29 is 22.7 Å². The Balaban J connectivity index is 2.74. The van der Waals surface area contributed by atoms with Crippen LogP contribution in [0, 0.1) is 0 Å². The molecule has 1 atom stereocenters. The summed E-state index contributed by atoms with van der Waals surface area (Å²) in [4.78, 5) is 14.0. The lowest BCUT2D eigenvalue weighted by Crippen LogP contribution is -2.48. The van der Waals surface area contributed by atoms with Crippen LogP contribution in [-0.4, -0.2) is 48.2 Å². The molecule has 170 valence electrons. The van der Waals surface area contributed by atoms with Gasteiger partial charge in [0.2, 0.25) is 0 Å². The normalized spacial score (nSPS) is 13.8. The number of alkyl halides is 3. The van der Waals surface area contributed by atoms with Crippen LogP contribution in [0.2, 0.25) is 0 Å². The molecule has 0 aliphatic carbocycles. The maximum Gasteiger partial charge on any atom is 0.521 e. The molecular formula is C20H32F3N5O2. The number of azo groups is 1. The maximum atomic E-state index is 12.1. The van der Waals surface area contributed by atoms with E-state index in [1.165, 1.54) is 12.1 Å². The zero-order valence-corrected chi connectivity index (χ0v) is 18.4. The van der Waals surface area contributed by atoms with Crippen LogP contribution in [0.25, 0.3) is 0 Å². The Hall–Kier alpha value is -2.20. The molecule has 1 rings (SSSR count). The first-order chi connectivity index (χ1) is 13.7. The van der Waals surface area contributed by atoms with E-state index in [0.29, 0.717) is 19.6 Å². The highest BCUT2D eigenvalue weighted by Gasteiger charge is 2.26. The molecule has 1 amide bonds. The van der Waals surface area contributed by atoms with Gasteiger partial charge in [0.15, 0.2) is 0 Å². The Kier molecular flexibility index (Phi) is 9.70. The van der Waals surface area contributed by atoms with E-state index in [9.17, 15) is 18.0 Å². The first kappa shape index (κ1) is 25.8. The van der Waals surface area contributed by atoms with E-state index in [2.05, 4.69) is 25.8 Å². The van der Waals surface area contributed by atoms with E-state index in [1.54, 1.807) is 32.9 Å². The Bertz CT molecular complexity index is 685. The van der Waals surface area contributed by atoms with Crippen LogP contribution < -0.4 is 10.6 Å². The SMILES string of the molecule is CC(C)NC(C)N(CCNC(=O)OC(C)(C)C)Cc1ccc(N=NC(F)(F)F)cc1. The predicted molar refractivity (Wildman–Crippen MR) is 109 cm³/mol. The smallest absolute Gasteiger partial charge is 0.444 e. The molecule has 0 saturated heterocycles. The van der Waals surface area contributed by atoms with Crippen LogP contribution in [0.4, 0.5) is 23.7 Å². The van der Waals surface area contributed by atoms with Crippen molar-refractivity contribution in [1.82, 2.24) is 15.5 Å². The summed E-state index contributed by atoms with van der Waals surface area (Å²) < 4.78 is 41.7. The van der Waals surface area contributed by atoms with Gasteiger partial charge < -0.3 is 10.1 Å². The van der Waals surface area contributed by atoms with Crippen LogP contribution in [0.15, 0.2) is 34.5 Å². The van der Waals surface area contributed by atoms with E-state index >= 15 is 0 Å². The summed E-state index contributed by atoms with van der Waals surface area (Å²) in [7, 11) is 0. The minimum atomic E-state index is -4.69. The third kappa shape index (κ3) is 11.7. The second kappa shape index (κ2) is 11.3. The average molecular weight is 432 g/mol. The Morgan fingerprint density at radius 2 is 1.73 bits per heavy atom. The molecule has 0 radical (unpaired) electrons. The fourth-order valence-electron chi connectivity index (χ4n) is 2.63. The lowest BCUT2D eigenvalue weighted by molar-refractivity contribution is -0.125. The predicted octanol–water partition coefficient (Wildman–Crippen LogP) is 4.96. The van der Waals surface area contributed by atoms with Crippen molar-refractivity contribution in [1.29, 1.82) is 0 Å². The zero-order valence-electron chi connectivity index (χ0n) is 18.4. The number of benzene rings is 1. The molecule has 1 unspecified atom stereocenters.